The Morgan fingerprint density at radius 3 is 2.69 bits per heavy atom. The van der Waals surface area contributed by atoms with Crippen molar-refractivity contribution in [2.45, 2.75) is 38.6 Å². The monoisotopic (exact) mass is 227 g/mol. The van der Waals surface area contributed by atoms with Crippen LogP contribution in [0.2, 0.25) is 0 Å². The third-order valence-corrected chi connectivity index (χ3v) is 4.15. The minimum Gasteiger partial charge on any atom is -0.480 e. The number of carboxylic acids is 1. The minimum absolute atomic E-state index is 0.334. The van der Waals surface area contributed by atoms with Gasteiger partial charge in [-0.05, 0) is 44.6 Å². The van der Waals surface area contributed by atoms with Crippen LogP contribution in [0.3, 0.4) is 0 Å². The molecule has 0 bridgehead atoms. The van der Waals surface area contributed by atoms with E-state index >= 15 is 0 Å². The zero-order chi connectivity index (χ0) is 11.6. The number of carbonyl (C=O) groups is 1. The van der Waals surface area contributed by atoms with Gasteiger partial charge < -0.3 is 9.84 Å². The van der Waals surface area contributed by atoms with Gasteiger partial charge >= 0.3 is 5.97 Å². The second-order valence-corrected chi connectivity index (χ2v) is 5.20. The quantitative estimate of drug-likeness (QED) is 0.773. The summed E-state index contributed by atoms with van der Waals surface area (Å²) in [5.74, 6) is -0.705. The van der Waals surface area contributed by atoms with Crippen LogP contribution in [0.1, 0.15) is 32.6 Å². The van der Waals surface area contributed by atoms with E-state index in [2.05, 4.69) is 4.90 Å². The van der Waals surface area contributed by atoms with Crippen LogP contribution in [-0.2, 0) is 9.53 Å². The van der Waals surface area contributed by atoms with Gasteiger partial charge in [0.25, 0.3) is 0 Å². The Balaban J connectivity index is 2.00. The number of carboxylic acid groups (broad SMARTS) is 1. The lowest BCUT2D eigenvalue weighted by atomic mass is 9.73. The van der Waals surface area contributed by atoms with E-state index in [0.29, 0.717) is 5.41 Å². The van der Waals surface area contributed by atoms with E-state index in [4.69, 9.17) is 9.84 Å². The zero-order valence-corrected chi connectivity index (χ0v) is 9.95. The third-order valence-electron chi connectivity index (χ3n) is 4.15. The molecule has 0 saturated carbocycles. The van der Waals surface area contributed by atoms with Crippen LogP contribution < -0.4 is 0 Å². The number of nitrogens with zero attached hydrogens (tertiary/aromatic N) is 1. The zero-order valence-electron chi connectivity index (χ0n) is 9.95. The fourth-order valence-electron chi connectivity index (χ4n) is 2.95. The van der Waals surface area contributed by atoms with Gasteiger partial charge in [-0.25, -0.2) is 0 Å². The van der Waals surface area contributed by atoms with Crippen molar-refractivity contribution in [2.24, 2.45) is 5.41 Å². The van der Waals surface area contributed by atoms with E-state index in [1.54, 1.807) is 6.92 Å². The van der Waals surface area contributed by atoms with Gasteiger partial charge in [0, 0.05) is 19.8 Å². The first kappa shape index (κ1) is 11.9. The molecule has 2 fully saturated rings. The van der Waals surface area contributed by atoms with E-state index in [1.807, 2.05) is 0 Å². The summed E-state index contributed by atoms with van der Waals surface area (Å²) in [5, 5.41) is 9.05. The number of aliphatic carboxylic acids is 1. The van der Waals surface area contributed by atoms with Gasteiger partial charge in [0.15, 0.2) is 0 Å². The summed E-state index contributed by atoms with van der Waals surface area (Å²) in [4.78, 5) is 13.1. The van der Waals surface area contributed by atoms with Crippen molar-refractivity contribution in [3.8, 4) is 0 Å². The molecular weight excluding hydrogens is 206 g/mol. The molecule has 0 aromatic rings. The van der Waals surface area contributed by atoms with Crippen LogP contribution in [0.4, 0.5) is 0 Å². The SMILES string of the molecule is CC(C(=O)O)N1CCCC2(CCOCC2)C1. The van der Waals surface area contributed by atoms with Gasteiger partial charge in [0.05, 0.1) is 0 Å². The maximum Gasteiger partial charge on any atom is 0.320 e. The smallest absolute Gasteiger partial charge is 0.320 e. The molecule has 0 amide bonds. The van der Waals surface area contributed by atoms with Crippen molar-refractivity contribution in [3.05, 3.63) is 0 Å². The molecule has 2 heterocycles. The fourth-order valence-corrected chi connectivity index (χ4v) is 2.95. The van der Waals surface area contributed by atoms with E-state index in [9.17, 15) is 4.79 Å². The van der Waals surface area contributed by atoms with Crippen molar-refractivity contribution in [2.75, 3.05) is 26.3 Å². The van der Waals surface area contributed by atoms with Gasteiger partial charge in [0.2, 0.25) is 0 Å². The Kier molecular flexibility index (Phi) is 3.50. The molecule has 0 aromatic heterocycles. The maximum atomic E-state index is 11.0. The Morgan fingerprint density at radius 1 is 1.38 bits per heavy atom. The van der Waals surface area contributed by atoms with Crippen LogP contribution in [0.25, 0.3) is 0 Å². The maximum absolute atomic E-state index is 11.0. The molecule has 4 nitrogen and oxygen atoms in total. The summed E-state index contributed by atoms with van der Waals surface area (Å²) in [5.41, 5.74) is 0.334. The standard InChI is InChI=1S/C12H21NO3/c1-10(11(14)15)13-6-2-3-12(9-13)4-7-16-8-5-12/h10H,2-9H2,1H3,(H,14,15). The predicted molar refractivity (Wildman–Crippen MR) is 60.4 cm³/mol. The lowest BCUT2D eigenvalue weighted by molar-refractivity contribution is -0.144. The summed E-state index contributed by atoms with van der Waals surface area (Å²) in [7, 11) is 0. The molecule has 2 rings (SSSR count). The van der Waals surface area contributed by atoms with Crippen molar-refractivity contribution in [1.29, 1.82) is 0 Å². The second kappa shape index (κ2) is 4.72. The number of hydrogen-bond acceptors (Lipinski definition) is 3. The Morgan fingerprint density at radius 2 is 2.06 bits per heavy atom. The van der Waals surface area contributed by atoms with Gasteiger partial charge in [-0.2, -0.15) is 0 Å². The highest BCUT2D eigenvalue weighted by Crippen LogP contribution is 2.39. The average molecular weight is 227 g/mol. The average Bonchev–Trinajstić information content (AvgIpc) is 2.29. The molecule has 16 heavy (non-hydrogen) atoms. The second-order valence-electron chi connectivity index (χ2n) is 5.20. The number of rotatable bonds is 2. The molecule has 92 valence electrons. The molecule has 0 aliphatic carbocycles. The molecule has 1 atom stereocenters. The first-order valence-corrected chi connectivity index (χ1v) is 6.18. The van der Waals surface area contributed by atoms with E-state index < -0.39 is 5.97 Å². The first-order chi connectivity index (χ1) is 7.63. The Hall–Kier alpha value is -0.610. The highest BCUT2D eigenvalue weighted by molar-refractivity contribution is 5.72. The third kappa shape index (κ3) is 2.38. The molecule has 2 aliphatic heterocycles. The van der Waals surface area contributed by atoms with Crippen molar-refractivity contribution >= 4 is 5.97 Å². The number of piperidine rings is 1. The Labute approximate surface area is 96.6 Å². The molecule has 2 aliphatic rings. The summed E-state index contributed by atoms with van der Waals surface area (Å²) in [6.07, 6.45) is 4.54. The van der Waals surface area contributed by atoms with Crippen LogP contribution in [0.5, 0.6) is 0 Å². The van der Waals surface area contributed by atoms with Gasteiger partial charge in [-0.3, -0.25) is 9.69 Å². The van der Waals surface area contributed by atoms with Crippen LogP contribution in [0, 0.1) is 5.41 Å². The number of ether oxygens (including phenoxy) is 1. The lowest BCUT2D eigenvalue weighted by Gasteiger charge is -2.46. The molecule has 1 unspecified atom stereocenters. The summed E-state index contributed by atoms with van der Waals surface area (Å²) in [6, 6.07) is -0.347. The summed E-state index contributed by atoms with van der Waals surface area (Å²) >= 11 is 0. The first-order valence-electron chi connectivity index (χ1n) is 6.18. The number of likely N-dealkylation sites (tertiary alicyclic amines) is 1. The van der Waals surface area contributed by atoms with Gasteiger partial charge in [-0.15, -0.1) is 0 Å². The normalized spacial score (nSPS) is 27.8. The predicted octanol–water partition coefficient (Wildman–Crippen LogP) is 1.35. The largest absolute Gasteiger partial charge is 0.480 e. The van der Waals surface area contributed by atoms with E-state index in [1.165, 1.54) is 6.42 Å². The van der Waals surface area contributed by atoms with Crippen LogP contribution in [-0.4, -0.2) is 48.3 Å². The van der Waals surface area contributed by atoms with Crippen LogP contribution in [0.15, 0.2) is 0 Å². The summed E-state index contributed by atoms with van der Waals surface area (Å²) < 4.78 is 5.41. The topological polar surface area (TPSA) is 49.8 Å². The molecule has 0 aromatic carbocycles. The molecule has 2 saturated heterocycles. The molecular formula is C12H21NO3. The fraction of sp³-hybridized carbons (Fsp3) is 0.917. The van der Waals surface area contributed by atoms with Gasteiger partial charge in [-0.1, -0.05) is 0 Å². The summed E-state index contributed by atoms with van der Waals surface area (Å²) in [6.45, 7) is 5.34. The lowest BCUT2D eigenvalue weighted by Crippen LogP contribution is -2.51. The highest BCUT2D eigenvalue weighted by Gasteiger charge is 2.39. The van der Waals surface area contributed by atoms with Crippen molar-refractivity contribution < 1.29 is 14.6 Å². The van der Waals surface area contributed by atoms with Crippen molar-refractivity contribution in [3.63, 3.8) is 0 Å². The van der Waals surface area contributed by atoms with E-state index in [-0.39, 0.29) is 6.04 Å². The Bertz CT molecular complexity index is 255. The highest BCUT2D eigenvalue weighted by atomic mass is 16.5. The van der Waals surface area contributed by atoms with Gasteiger partial charge in [0.1, 0.15) is 6.04 Å². The molecule has 1 N–H and O–H groups in total. The van der Waals surface area contributed by atoms with Crippen LogP contribution >= 0.6 is 0 Å². The molecule has 1 spiro atoms. The molecule has 0 radical (unpaired) electrons. The minimum atomic E-state index is -0.705. The number of hydrogen-bond donors (Lipinski definition) is 1. The van der Waals surface area contributed by atoms with Crippen molar-refractivity contribution in [1.82, 2.24) is 4.90 Å². The van der Waals surface area contributed by atoms with E-state index in [0.717, 1.165) is 45.6 Å². The molecule has 4 heteroatoms.